The molecule has 0 atom stereocenters. The third-order valence-electron chi connectivity index (χ3n) is 3.65. The van der Waals surface area contributed by atoms with E-state index in [1.807, 2.05) is 18.2 Å². The predicted octanol–water partition coefficient (Wildman–Crippen LogP) is 2.79. The summed E-state index contributed by atoms with van der Waals surface area (Å²) in [6.07, 6.45) is 1.84. The van der Waals surface area contributed by atoms with E-state index in [9.17, 15) is 4.21 Å². The van der Waals surface area contributed by atoms with E-state index in [2.05, 4.69) is 9.55 Å². The molecule has 1 aromatic heterocycles. The molecule has 1 aliphatic heterocycles. The van der Waals surface area contributed by atoms with Crippen LogP contribution in [-0.2, 0) is 10.8 Å². The van der Waals surface area contributed by atoms with Gasteiger partial charge in [0.05, 0.1) is 18.1 Å². The second-order valence-electron chi connectivity index (χ2n) is 4.76. The van der Waals surface area contributed by atoms with Crippen LogP contribution in [0.4, 0.5) is 0 Å². The van der Waals surface area contributed by atoms with Crippen molar-refractivity contribution in [2.24, 2.45) is 0 Å². The summed E-state index contributed by atoms with van der Waals surface area (Å²) in [7, 11) is 1.01. The molecular weight excluding hydrogens is 280 g/mol. The molecular formula is C13H16N2O2S2. The molecule has 2 aromatic rings. The summed E-state index contributed by atoms with van der Waals surface area (Å²) in [5.41, 5.74) is 2.10. The number of hydrogen-bond donors (Lipinski definition) is 1. The van der Waals surface area contributed by atoms with Gasteiger partial charge in [-0.15, -0.1) is 0 Å². The number of nitrogens with one attached hydrogen (secondary N) is 1. The lowest BCUT2D eigenvalue weighted by Crippen LogP contribution is -2.21. The normalized spacial score (nSPS) is 23.6. The van der Waals surface area contributed by atoms with Crippen molar-refractivity contribution >= 4 is 34.1 Å². The Labute approximate surface area is 119 Å². The number of hydrogen-bond acceptors (Lipinski definition) is 3. The van der Waals surface area contributed by atoms with E-state index in [0.717, 1.165) is 45.9 Å². The van der Waals surface area contributed by atoms with E-state index in [0.29, 0.717) is 6.04 Å². The number of methoxy groups -OCH3 is 1. The molecule has 4 nitrogen and oxygen atoms in total. The van der Waals surface area contributed by atoms with E-state index < -0.39 is 10.8 Å². The van der Waals surface area contributed by atoms with Gasteiger partial charge in [-0.2, -0.15) is 0 Å². The Morgan fingerprint density at radius 1 is 1.42 bits per heavy atom. The molecule has 1 aromatic carbocycles. The summed E-state index contributed by atoms with van der Waals surface area (Å²) in [6, 6.07) is 6.26. The first-order valence-electron chi connectivity index (χ1n) is 6.32. The third-order valence-corrected chi connectivity index (χ3v) is 5.33. The van der Waals surface area contributed by atoms with Gasteiger partial charge < -0.3 is 14.3 Å². The molecule has 1 aliphatic rings. The number of rotatable bonds is 2. The van der Waals surface area contributed by atoms with Crippen LogP contribution in [0.5, 0.6) is 5.75 Å². The number of aromatic nitrogens is 2. The van der Waals surface area contributed by atoms with E-state index in [4.69, 9.17) is 17.0 Å². The minimum absolute atomic E-state index is 0.339. The summed E-state index contributed by atoms with van der Waals surface area (Å²) in [6.45, 7) is 0. The van der Waals surface area contributed by atoms with Gasteiger partial charge in [-0.3, -0.25) is 4.21 Å². The average molecular weight is 296 g/mol. The molecule has 6 heteroatoms. The van der Waals surface area contributed by atoms with Gasteiger partial charge >= 0.3 is 0 Å². The quantitative estimate of drug-likeness (QED) is 0.867. The van der Waals surface area contributed by atoms with Crippen LogP contribution in [0, 0.1) is 4.77 Å². The highest BCUT2D eigenvalue weighted by atomic mass is 32.2. The van der Waals surface area contributed by atoms with Gasteiger partial charge in [0.1, 0.15) is 5.75 Å². The number of imidazole rings is 1. The van der Waals surface area contributed by atoms with Crippen LogP contribution >= 0.6 is 12.2 Å². The number of nitrogens with zero attached hydrogens (tertiary/aromatic N) is 1. The number of benzene rings is 1. The summed E-state index contributed by atoms with van der Waals surface area (Å²) in [4.78, 5) is 3.23. The maximum Gasteiger partial charge on any atom is 0.178 e. The molecule has 0 bridgehead atoms. The van der Waals surface area contributed by atoms with Crippen molar-refractivity contribution in [1.82, 2.24) is 9.55 Å². The molecule has 0 spiro atoms. The first kappa shape index (κ1) is 12.9. The third kappa shape index (κ3) is 2.34. The van der Waals surface area contributed by atoms with Crippen LogP contribution in [0.15, 0.2) is 18.2 Å². The molecule has 0 unspecified atom stereocenters. The fourth-order valence-corrected chi connectivity index (χ4v) is 4.26. The van der Waals surface area contributed by atoms with Crippen LogP contribution < -0.4 is 4.74 Å². The van der Waals surface area contributed by atoms with Crippen LogP contribution in [0.2, 0.25) is 0 Å². The fourth-order valence-electron chi connectivity index (χ4n) is 2.63. The maximum atomic E-state index is 11.5. The zero-order valence-corrected chi connectivity index (χ0v) is 12.4. The number of aromatic amines is 1. The largest absolute Gasteiger partial charge is 0.497 e. The lowest BCUT2D eigenvalue weighted by Gasteiger charge is -2.23. The summed E-state index contributed by atoms with van der Waals surface area (Å²) < 4.78 is 19.6. The number of fused-ring (bicyclic) bond motifs is 1. The molecule has 102 valence electrons. The Morgan fingerprint density at radius 3 is 2.84 bits per heavy atom. The SMILES string of the molecule is COc1ccc2[nH]c(=S)n(C3CCS(=O)CC3)c2c1. The summed E-state index contributed by atoms with van der Waals surface area (Å²) >= 11 is 5.43. The van der Waals surface area contributed by atoms with Crippen molar-refractivity contribution in [3.05, 3.63) is 23.0 Å². The first-order valence-corrected chi connectivity index (χ1v) is 8.22. The highest BCUT2D eigenvalue weighted by Gasteiger charge is 2.21. The summed E-state index contributed by atoms with van der Waals surface area (Å²) in [5, 5.41) is 0. The Kier molecular flexibility index (Phi) is 3.45. The van der Waals surface area contributed by atoms with Gasteiger partial charge in [0.25, 0.3) is 0 Å². The molecule has 2 heterocycles. The highest BCUT2D eigenvalue weighted by Crippen LogP contribution is 2.29. The zero-order chi connectivity index (χ0) is 13.4. The molecule has 3 rings (SSSR count). The monoisotopic (exact) mass is 296 g/mol. The van der Waals surface area contributed by atoms with Crippen LogP contribution in [0.3, 0.4) is 0 Å². The number of ether oxygens (including phenoxy) is 1. The minimum atomic E-state index is -0.651. The predicted molar refractivity (Wildman–Crippen MR) is 79.8 cm³/mol. The van der Waals surface area contributed by atoms with Crippen molar-refractivity contribution in [2.75, 3.05) is 18.6 Å². The Morgan fingerprint density at radius 2 is 2.16 bits per heavy atom. The molecule has 19 heavy (non-hydrogen) atoms. The molecule has 1 saturated heterocycles. The second kappa shape index (κ2) is 5.09. The summed E-state index contributed by atoms with van der Waals surface area (Å²) in [5.74, 6) is 2.36. The van der Waals surface area contributed by atoms with E-state index in [1.54, 1.807) is 7.11 Å². The standard InChI is InChI=1S/C13H16N2O2S2/c1-17-10-2-3-11-12(8-10)15(13(18)14-11)9-4-6-19(16)7-5-9/h2-3,8-9H,4-7H2,1H3,(H,14,18). The topological polar surface area (TPSA) is 47.0 Å². The zero-order valence-electron chi connectivity index (χ0n) is 10.7. The molecule has 0 radical (unpaired) electrons. The molecule has 0 saturated carbocycles. The van der Waals surface area contributed by atoms with Crippen LogP contribution in [0.1, 0.15) is 18.9 Å². The van der Waals surface area contributed by atoms with Crippen molar-refractivity contribution in [2.45, 2.75) is 18.9 Å². The molecule has 0 amide bonds. The average Bonchev–Trinajstić information content (AvgIpc) is 2.75. The van der Waals surface area contributed by atoms with E-state index >= 15 is 0 Å². The lowest BCUT2D eigenvalue weighted by atomic mass is 10.1. The van der Waals surface area contributed by atoms with Gasteiger partial charge in [0, 0.05) is 34.4 Å². The van der Waals surface area contributed by atoms with Crippen molar-refractivity contribution in [3.63, 3.8) is 0 Å². The van der Waals surface area contributed by atoms with Gasteiger partial charge in [-0.05, 0) is 37.2 Å². The van der Waals surface area contributed by atoms with Gasteiger partial charge in [-0.1, -0.05) is 0 Å². The van der Waals surface area contributed by atoms with Gasteiger partial charge in [0.2, 0.25) is 0 Å². The smallest absolute Gasteiger partial charge is 0.178 e. The fraction of sp³-hybridized carbons (Fsp3) is 0.462. The van der Waals surface area contributed by atoms with Crippen molar-refractivity contribution in [3.8, 4) is 5.75 Å². The van der Waals surface area contributed by atoms with Gasteiger partial charge in [0.15, 0.2) is 4.77 Å². The highest BCUT2D eigenvalue weighted by molar-refractivity contribution is 7.85. The molecule has 1 fully saturated rings. The number of H-pyrrole nitrogens is 1. The van der Waals surface area contributed by atoms with Crippen LogP contribution in [-0.4, -0.2) is 32.4 Å². The van der Waals surface area contributed by atoms with E-state index in [-0.39, 0.29) is 0 Å². The second-order valence-corrected chi connectivity index (χ2v) is 6.85. The first-order chi connectivity index (χ1) is 9.19. The van der Waals surface area contributed by atoms with Crippen molar-refractivity contribution < 1.29 is 8.95 Å². The molecule has 0 aliphatic carbocycles. The molecule has 1 N–H and O–H groups in total. The van der Waals surface area contributed by atoms with Gasteiger partial charge in [-0.25, -0.2) is 0 Å². The van der Waals surface area contributed by atoms with Crippen LogP contribution in [0.25, 0.3) is 11.0 Å². The lowest BCUT2D eigenvalue weighted by molar-refractivity contribution is 0.414. The minimum Gasteiger partial charge on any atom is -0.497 e. The van der Waals surface area contributed by atoms with E-state index in [1.165, 1.54) is 0 Å². The Hall–Kier alpha value is -1.14. The maximum absolute atomic E-state index is 11.5. The Balaban J connectivity index is 2.09. The van der Waals surface area contributed by atoms with Crippen molar-refractivity contribution in [1.29, 1.82) is 0 Å². The Bertz CT molecular complexity index is 679.